The van der Waals surface area contributed by atoms with Crippen molar-refractivity contribution in [3.63, 3.8) is 0 Å². The standard InChI is InChI=1S/C21H26FN3O4/c1-12(2)23-21(28)25(10-15-6-8-16(22)9-7-15)11-17(26)18-13(3)19(20(27)29-5)24-14(18)4/h6-9,12,24H,10-11H2,1-5H3,(H,23,28). The van der Waals surface area contributed by atoms with Crippen LogP contribution in [-0.4, -0.2) is 47.4 Å². The molecule has 7 nitrogen and oxygen atoms in total. The summed E-state index contributed by atoms with van der Waals surface area (Å²) in [7, 11) is 1.26. The molecular formula is C21H26FN3O4. The molecule has 0 saturated carbocycles. The first-order valence-electron chi connectivity index (χ1n) is 9.24. The maximum Gasteiger partial charge on any atom is 0.354 e. The lowest BCUT2D eigenvalue weighted by molar-refractivity contribution is 0.0593. The lowest BCUT2D eigenvalue weighted by atomic mass is 10.0. The molecule has 156 valence electrons. The fourth-order valence-electron chi connectivity index (χ4n) is 3.07. The summed E-state index contributed by atoms with van der Waals surface area (Å²) in [4.78, 5) is 41.7. The summed E-state index contributed by atoms with van der Waals surface area (Å²) >= 11 is 0. The van der Waals surface area contributed by atoms with Crippen LogP contribution in [-0.2, 0) is 11.3 Å². The van der Waals surface area contributed by atoms with Crippen LogP contribution in [0.15, 0.2) is 24.3 Å². The summed E-state index contributed by atoms with van der Waals surface area (Å²) < 4.78 is 17.9. The van der Waals surface area contributed by atoms with Crippen LogP contribution >= 0.6 is 0 Å². The van der Waals surface area contributed by atoms with Crippen LogP contribution < -0.4 is 5.32 Å². The predicted molar refractivity (Wildman–Crippen MR) is 106 cm³/mol. The first-order valence-corrected chi connectivity index (χ1v) is 9.24. The number of rotatable bonds is 7. The van der Waals surface area contributed by atoms with E-state index in [0.29, 0.717) is 22.4 Å². The van der Waals surface area contributed by atoms with Crippen molar-refractivity contribution in [1.29, 1.82) is 0 Å². The van der Waals surface area contributed by atoms with E-state index in [0.717, 1.165) is 0 Å². The van der Waals surface area contributed by atoms with Gasteiger partial charge in [-0.3, -0.25) is 4.79 Å². The lowest BCUT2D eigenvalue weighted by Crippen LogP contribution is -2.44. The highest BCUT2D eigenvalue weighted by molar-refractivity contribution is 6.04. The minimum Gasteiger partial charge on any atom is -0.464 e. The molecule has 1 aromatic heterocycles. The van der Waals surface area contributed by atoms with Gasteiger partial charge in [0, 0.05) is 23.8 Å². The molecule has 1 aromatic carbocycles. The van der Waals surface area contributed by atoms with E-state index in [9.17, 15) is 18.8 Å². The molecule has 2 aromatic rings. The van der Waals surface area contributed by atoms with Crippen molar-refractivity contribution in [2.75, 3.05) is 13.7 Å². The normalized spacial score (nSPS) is 10.7. The maximum atomic E-state index is 13.2. The number of nitrogens with zero attached hydrogens (tertiary/aromatic N) is 1. The van der Waals surface area contributed by atoms with E-state index in [1.54, 1.807) is 26.0 Å². The van der Waals surface area contributed by atoms with Gasteiger partial charge in [-0.25, -0.2) is 14.0 Å². The van der Waals surface area contributed by atoms with Crippen molar-refractivity contribution in [2.45, 2.75) is 40.3 Å². The number of aromatic nitrogens is 1. The van der Waals surface area contributed by atoms with E-state index in [1.165, 1.54) is 24.1 Å². The third-order valence-corrected chi connectivity index (χ3v) is 4.43. The van der Waals surface area contributed by atoms with Gasteiger partial charge in [0.15, 0.2) is 5.78 Å². The minimum atomic E-state index is -0.564. The maximum absolute atomic E-state index is 13.2. The van der Waals surface area contributed by atoms with Gasteiger partial charge < -0.3 is 19.9 Å². The summed E-state index contributed by atoms with van der Waals surface area (Å²) in [5.74, 6) is -1.25. The number of esters is 1. The molecule has 0 spiro atoms. The smallest absolute Gasteiger partial charge is 0.354 e. The van der Waals surface area contributed by atoms with E-state index in [1.807, 2.05) is 13.8 Å². The number of carbonyl (C=O) groups is 3. The number of ketones is 1. The zero-order valence-electron chi connectivity index (χ0n) is 17.3. The molecule has 29 heavy (non-hydrogen) atoms. The fourth-order valence-corrected chi connectivity index (χ4v) is 3.07. The molecule has 0 aliphatic heterocycles. The number of nitrogens with one attached hydrogen (secondary N) is 2. The van der Waals surface area contributed by atoms with Gasteiger partial charge in [-0.2, -0.15) is 0 Å². The van der Waals surface area contributed by atoms with Crippen molar-refractivity contribution in [3.8, 4) is 0 Å². The quantitative estimate of drug-likeness (QED) is 0.548. The van der Waals surface area contributed by atoms with Gasteiger partial charge >= 0.3 is 12.0 Å². The Hall–Kier alpha value is -3.16. The monoisotopic (exact) mass is 403 g/mol. The van der Waals surface area contributed by atoms with E-state index in [4.69, 9.17) is 4.74 Å². The number of benzene rings is 1. The van der Waals surface area contributed by atoms with Crippen LogP contribution in [0.1, 0.15) is 51.5 Å². The first-order chi connectivity index (χ1) is 13.6. The molecule has 0 aliphatic rings. The lowest BCUT2D eigenvalue weighted by Gasteiger charge is -2.24. The Kier molecular flexibility index (Phi) is 7.14. The van der Waals surface area contributed by atoms with Crippen LogP contribution in [0.5, 0.6) is 0 Å². The molecule has 0 saturated heterocycles. The van der Waals surface area contributed by atoms with Gasteiger partial charge in [0.1, 0.15) is 11.5 Å². The second-order valence-electron chi connectivity index (χ2n) is 7.13. The number of halogens is 1. The molecule has 1 heterocycles. The molecule has 2 rings (SSSR count). The molecule has 0 aliphatic carbocycles. The highest BCUT2D eigenvalue weighted by Crippen LogP contribution is 2.20. The Bertz CT molecular complexity index is 903. The van der Waals surface area contributed by atoms with Gasteiger partial charge in [-0.05, 0) is 51.0 Å². The molecule has 0 unspecified atom stereocenters. The Labute approximate surface area is 169 Å². The van der Waals surface area contributed by atoms with Crippen molar-refractivity contribution in [3.05, 3.63) is 58.2 Å². The number of H-pyrrole nitrogens is 1. The number of carbonyl (C=O) groups excluding carboxylic acids is 3. The SMILES string of the molecule is COC(=O)c1[nH]c(C)c(C(=O)CN(Cc2ccc(F)cc2)C(=O)NC(C)C)c1C. The summed E-state index contributed by atoms with van der Waals surface area (Å²) in [6.45, 7) is 6.91. The molecule has 0 atom stereocenters. The average molecular weight is 403 g/mol. The van der Waals surface area contributed by atoms with E-state index < -0.39 is 12.0 Å². The van der Waals surface area contributed by atoms with Crippen molar-refractivity contribution < 1.29 is 23.5 Å². The van der Waals surface area contributed by atoms with Crippen LogP contribution in [0.3, 0.4) is 0 Å². The van der Waals surface area contributed by atoms with Crippen LogP contribution in [0, 0.1) is 19.7 Å². The third kappa shape index (κ3) is 5.43. The summed E-state index contributed by atoms with van der Waals surface area (Å²) in [5, 5.41) is 2.77. The van der Waals surface area contributed by atoms with Gasteiger partial charge in [0.05, 0.1) is 13.7 Å². The second-order valence-corrected chi connectivity index (χ2v) is 7.13. The highest BCUT2D eigenvalue weighted by Gasteiger charge is 2.25. The molecule has 2 N–H and O–H groups in total. The molecule has 0 bridgehead atoms. The average Bonchev–Trinajstić information content (AvgIpc) is 2.96. The van der Waals surface area contributed by atoms with Gasteiger partial charge in [-0.1, -0.05) is 12.1 Å². The van der Waals surface area contributed by atoms with Gasteiger partial charge in [-0.15, -0.1) is 0 Å². The number of urea groups is 1. The van der Waals surface area contributed by atoms with Crippen molar-refractivity contribution in [2.24, 2.45) is 0 Å². The Morgan fingerprint density at radius 3 is 2.34 bits per heavy atom. The van der Waals surface area contributed by atoms with Crippen LogP contribution in [0.2, 0.25) is 0 Å². The number of Topliss-reactive ketones (excluding diaryl/α,β-unsaturated/α-hetero) is 1. The summed E-state index contributed by atoms with van der Waals surface area (Å²) in [6.07, 6.45) is 0. The Morgan fingerprint density at radius 1 is 1.17 bits per heavy atom. The molecule has 0 fully saturated rings. The number of hydrogen-bond acceptors (Lipinski definition) is 4. The van der Waals surface area contributed by atoms with Gasteiger partial charge in [0.25, 0.3) is 0 Å². The number of hydrogen-bond donors (Lipinski definition) is 2. The third-order valence-electron chi connectivity index (χ3n) is 4.43. The van der Waals surface area contributed by atoms with Crippen molar-refractivity contribution >= 4 is 17.8 Å². The van der Waals surface area contributed by atoms with Crippen LogP contribution in [0.25, 0.3) is 0 Å². The number of aromatic amines is 1. The Balaban J connectivity index is 2.29. The largest absolute Gasteiger partial charge is 0.464 e. The Morgan fingerprint density at radius 2 is 1.79 bits per heavy atom. The van der Waals surface area contributed by atoms with E-state index >= 15 is 0 Å². The van der Waals surface area contributed by atoms with Gasteiger partial charge in [0.2, 0.25) is 0 Å². The highest BCUT2D eigenvalue weighted by atomic mass is 19.1. The minimum absolute atomic E-state index is 0.116. The number of methoxy groups -OCH3 is 1. The number of amides is 2. The van der Waals surface area contributed by atoms with E-state index in [-0.39, 0.29) is 36.4 Å². The van der Waals surface area contributed by atoms with E-state index in [2.05, 4.69) is 10.3 Å². The predicted octanol–water partition coefficient (Wildman–Crippen LogP) is 3.36. The number of aryl methyl sites for hydroxylation is 1. The molecule has 0 radical (unpaired) electrons. The zero-order valence-corrected chi connectivity index (χ0v) is 17.3. The first kappa shape index (κ1) is 22.1. The van der Waals surface area contributed by atoms with Crippen molar-refractivity contribution in [1.82, 2.24) is 15.2 Å². The second kappa shape index (κ2) is 9.36. The van der Waals surface area contributed by atoms with Crippen LogP contribution in [0.4, 0.5) is 9.18 Å². The molecule has 8 heteroatoms. The summed E-state index contributed by atoms with van der Waals surface area (Å²) in [5.41, 5.74) is 2.26. The topological polar surface area (TPSA) is 91.5 Å². The summed E-state index contributed by atoms with van der Waals surface area (Å²) in [6, 6.07) is 5.22. The fraction of sp³-hybridized carbons (Fsp3) is 0.381. The zero-order chi connectivity index (χ0) is 21.7. The molecule has 2 amide bonds. The number of ether oxygens (including phenoxy) is 1. The molecular weight excluding hydrogens is 377 g/mol.